The van der Waals surface area contributed by atoms with Crippen molar-refractivity contribution in [1.29, 1.82) is 0 Å². The third-order valence-corrected chi connectivity index (χ3v) is 17.2. The van der Waals surface area contributed by atoms with Crippen LogP contribution in [0.4, 0.5) is 0 Å². The van der Waals surface area contributed by atoms with Crippen molar-refractivity contribution in [2.24, 2.45) is 0 Å². The molecule has 0 aliphatic rings. The average molecular weight is 1140 g/mol. The second kappa shape index (κ2) is 70.6. The zero-order valence-electron chi connectivity index (χ0n) is 54.8. The van der Waals surface area contributed by atoms with Crippen LogP contribution in [0.3, 0.4) is 0 Å². The number of hydrogen-bond donors (Lipinski definition) is 3. The van der Waals surface area contributed by atoms with Crippen LogP contribution in [0.1, 0.15) is 406 Å². The summed E-state index contributed by atoms with van der Waals surface area (Å²) in [6.07, 6.45) is 90.9. The first kappa shape index (κ1) is 79.1. The van der Waals surface area contributed by atoms with Gasteiger partial charge in [0, 0.05) is 12.8 Å². The molecule has 0 aromatic rings. The molecule has 3 N–H and O–H groups in total. The third-order valence-electron chi connectivity index (χ3n) is 17.2. The topological polar surface area (TPSA) is 95.9 Å². The number of rotatable bonds is 69. The number of hydrogen-bond acceptors (Lipinski definition) is 5. The van der Waals surface area contributed by atoms with Gasteiger partial charge in [-0.1, -0.05) is 365 Å². The van der Waals surface area contributed by atoms with Crippen molar-refractivity contribution in [2.45, 2.75) is 418 Å². The van der Waals surface area contributed by atoms with E-state index < -0.39 is 12.1 Å². The Morgan fingerprint density at radius 3 is 0.938 bits per heavy atom. The molecule has 6 nitrogen and oxygen atoms in total. The Hall–Kier alpha value is -1.92. The van der Waals surface area contributed by atoms with Crippen molar-refractivity contribution < 1.29 is 24.5 Å². The molecule has 0 aliphatic carbocycles. The molecule has 0 fully saturated rings. The monoisotopic (exact) mass is 1140 g/mol. The van der Waals surface area contributed by atoms with Crippen molar-refractivity contribution in [3.05, 3.63) is 36.5 Å². The summed E-state index contributed by atoms with van der Waals surface area (Å²) in [6, 6.07) is -0.631. The van der Waals surface area contributed by atoms with Gasteiger partial charge in [-0.15, -0.1) is 0 Å². The maximum Gasteiger partial charge on any atom is 0.305 e. The van der Waals surface area contributed by atoms with Gasteiger partial charge in [0.05, 0.1) is 25.4 Å². The molecule has 0 spiro atoms. The Morgan fingerprint density at radius 2 is 0.617 bits per heavy atom. The molecule has 0 heterocycles. The number of esters is 1. The number of nitrogens with one attached hydrogen (secondary N) is 1. The van der Waals surface area contributed by atoms with Gasteiger partial charge in [-0.25, -0.2) is 0 Å². The number of amides is 1. The number of carbonyl (C=O) groups is 2. The minimum atomic E-state index is -0.848. The summed E-state index contributed by atoms with van der Waals surface area (Å²) < 4.78 is 5.51. The number of aliphatic hydroxyl groups is 2. The number of ether oxygens (including phenoxy) is 1. The highest BCUT2D eigenvalue weighted by Crippen LogP contribution is 2.19. The van der Waals surface area contributed by atoms with Gasteiger partial charge >= 0.3 is 5.97 Å². The molecule has 0 rings (SSSR count). The minimum absolute atomic E-state index is 0.0153. The molecule has 81 heavy (non-hydrogen) atoms. The van der Waals surface area contributed by atoms with Crippen molar-refractivity contribution in [2.75, 3.05) is 13.2 Å². The molecular formula is C75H143NO5. The predicted molar refractivity (Wildman–Crippen MR) is 356 cm³/mol. The number of aliphatic hydroxyl groups excluding tert-OH is 2. The standard InChI is InChI=1S/C75H143NO5/c1-3-5-7-9-11-13-15-17-19-21-32-35-39-43-47-51-55-59-63-67-73(78)72(71-77)76-74(79)68-64-60-56-52-48-44-40-36-33-30-28-26-24-23-25-27-29-31-34-38-42-46-50-54-58-62-66-70-81-75(80)69-65-61-57-53-49-45-41-37-22-20-18-16-14-12-10-8-6-4-2/h23-24,27,29,63,67,72-73,77-78H,3-22,25-26,28,30-62,64-66,68-71H2,1-2H3,(H,76,79)/b24-23-,29-27-,67-63+. The van der Waals surface area contributed by atoms with Crippen LogP contribution < -0.4 is 5.32 Å². The van der Waals surface area contributed by atoms with Crippen LogP contribution >= 0.6 is 0 Å². The van der Waals surface area contributed by atoms with E-state index in [9.17, 15) is 19.8 Å². The Labute approximate surface area is 506 Å². The lowest BCUT2D eigenvalue weighted by molar-refractivity contribution is -0.143. The second-order valence-corrected chi connectivity index (χ2v) is 25.3. The molecule has 0 bridgehead atoms. The van der Waals surface area contributed by atoms with Gasteiger partial charge < -0.3 is 20.3 Å². The van der Waals surface area contributed by atoms with Crippen LogP contribution in [-0.2, 0) is 14.3 Å². The highest BCUT2D eigenvalue weighted by atomic mass is 16.5. The summed E-state index contributed by atoms with van der Waals surface area (Å²) in [5.41, 5.74) is 0. The Bertz CT molecular complexity index is 1310. The maximum atomic E-state index is 12.5. The SMILES string of the molecule is CCCCCCCCCCCCCCCCCCC/C=C/C(O)C(CO)NC(=O)CCCCCCCCCCCCC/C=C\C/C=C\CCCCCCCCCCCOC(=O)CCCCCCCCCCCCCCCCCCCC. The summed E-state index contributed by atoms with van der Waals surface area (Å²) in [7, 11) is 0. The molecule has 478 valence electrons. The van der Waals surface area contributed by atoms with E-state index in [-0.39, 0.29) is 18.5 Å². The van der Waals surface area contributed by atoms with Crippen LogP contribution in [0, 0.1) is 0 Å². The van der Waals surface area contributed by atoms with E-state index in [1.165, 1.54) is 334 Å². The fourth-order valence-electron chi connectivity index (χ4n) is 11.6. The molecular weight excluding hydrogens is 995 g/mol. The molecule has 2 unspecified atom stereocenters. The second-order valence-electron chi connectivity index (χ2n) is 25.3. The van der Waals surface area contributed by atoms with Crippen molar-refractivity contribution in [1.82, 2.24) is 5.32 Å². The molecule has 0 aromatic carbocycles. The molecule has 6 heteroatoms. The van der Waals surface area contributed by atoms with Crippen LogP contribution in [0.2, 0.25) is 0 Å². The van der Waals surface area contributed by atoms with Crippen LogP contribution in [0.25, 0.3) is 0 Å². The van der Waals surface area contributed by atoms with E-state index in [0.717, 1.165) is 44.9 Å². The molecule has 0 saturated carbocycles. The highest BCUT2D eigenvalue weighted by molar-refractivity contribution is 5.76. The van der Waals surface area contributed by atoms with E-state index in [4.69, 9.17) is 4.74 Å². The van der Waals surface area contributed by atoms with Crippen molar-refractivity contribution >= 4 is 11.9 Å². The fraction of sp³-hybridized carbons (Fsp3) is 0.893. The molecule has 0 aliphatic heterocycles. The molecule has 0 radical (unpaired) electrons. The quantitative estimate of drug-likeness (QED) is 0.0320. The lowest BCUT2D eigenvalue weighted by Gasteiger charge is -2.20. The smallest absolute Gasteiger partial charge is 0.305 e. The lowest BCUT2D eigenvalue weighted by atomic mass is 10.0. The molecule has 1 amide bonds. The van der Waals surface area contributed by atoms with Crippen LogP contribution in [0.5, 0.6) is 0 Å². The molecule has 0 saturated heterocycles. The van der Waals surface area contributed by atoms with Crippen molar-refractivity contribution in [3.8, 4) is 0 Å². The summed E-state index contributed by atoms with van der Waals surface area (Å²) in [6.45, 7) is 4.94. The van der Waals surface area contributed by atoms with E-state index in [1.54, 1.807) is 6.08 Å². The summed E-state index contributed by atoms with van der Waals surface area (Å²) in [5.74, 6) is -0.0526. The first-order valence-electron chi connectivity index (χ1n) is 36.8. The highest BCUT2D eigenvalue weighted by Gasteiger charge is 2.18. The number of unbranched alkanes of at least 4 members (excludes halogenated alkanes) is 54. The Kier molecular flexibility index (Phi) is 68.9. The van der Waals surface area contributed by atoms with Crippen molar-refractivity contribution in [3.63, 3.8) is 0 Å². The largest absolute Gasteiger partial charge is 0.466 e. The van der Waals surface area contributed by atoms with Gasteiger partial charge in [0.2, 0.25) is 5.91 Å². The normalized spacial score (nSPS) is 12.7. The summed E-state index contributed by atoms with van der Waals surface area (Å²) in [5, 5.41) is 23.2. The van der Waals surface area contributed by atoms with E-state index in [0.29, 0.717) is 19.4 Å². The van der Waals surface area contributed by atoms with Gasteiger partial charge in [-0.05, 0) is 64.2 Å². The van der Waals surface area contributed by atoms with Gasteiger partial charge in [-0.2, -0.15) is 0 Å². The zero-order chi connectivity index (χ0) is 58.5. The van der Waals surface area contributed by atoms with E-state index in [1.807, 2.05) is 6.08 Å². The average Bonchev–Trinajstić information content (AvgIpc) is 3.47. The minimum Gasteiger partial charge on any atom is -0.466 e. The Morgan fingerprint density at radius 1 is 0.346 bits per heavy atom. The first-order valence-corrected chi connectivity index (χ1v) is 36.8. The maximum absolute atomic E-state index is 12.5. The van der Waals surface area contributed by atoms with Crippen LogP contribution in [0.15, 0.2) is 36.5 Å². The fourth-order valence-corrected chi connectivity index (χ4v) is 11.6. The van der Waals surface area contributed by atoms with Crippen LogP contribution in [-0.4, -0.2) is 47.4 Å². The number of carbonyl (C=O) groups excluding carboxylic acids is 2. The van der Waals surface area contributed by atoms with Gasteiger partial charge in [0.1, 0.15) is 0 Å². The van der Waals surface area contributed by atoms with Gasteiger partial charge in [0.25, 0.3) is 0 Å². The Balaban J connectivity index is 3.42. The van der Waals surface area contributed by atoms with E-state index in [2.05, 4.69) is 43.5 Å². The van der Waals surface area contributed by atoms with Gasteiger partial charge in [-0.3, -0.25) is 9.59 Å². The predicted octanol–water partition coefficient (Wildman–Crippen LogP) is 23.9. The van der Waals surface area contributed by atoms with Gasteiger partial charge in [0.15, 0.2) is 0 Å². The molecule has 0 aromatic heterocycles. The molecule has 2 atom stereocenters. The third kappa shape index (κ3) is 67.1. The summed E-state index contributed by atoms with van der Waals surface area (Å²) in [4.78, 5) is 24.6. The zero-order valence-corrected chi connectivity index (χ0v) is 54.8. The van der Waals surface area contributed by atoms with E-state index >= 15 is 0 Å². The lowest BCUT2D eigenvalue weighted by Crippen LogP contribution is -2.45. The summed E-state index contributed by atoms with van der Waals surface area (Å²) >= 11 is 0. The number of allylic oxidation sites excluding steroid dienone is 5. The first-order chi connectivity index (χ1) is 40.0.